The van der Waals surface area contributed by atoms with Crippen LogP contribution in [0.2, 0.25) is 0 Å². The van der Waals surface area contributed by atoms with Crippen LogP contribution in [0.25, 0.3) is 6.08 Å². The normalized spacial score (nSPS) is 17.9. The molecule has 1 fully saturated rings. The lowest BCUT2D eigenvalue weighted by Crippen LogP contribution is -2.55. The maximum Gasteiger partial charge on any atom is 0.410 e. The predicted octanol–water partition coefficient (Wildman–Crippen LogP) is 3.56. The molecule has 0 aromatic heterocycles. The number of nitro benzene ring substituents is 1. The Labute approximate surface area is 165 Å². The first-order valence-electron chi connectivity index (χ1n) is 9.36. The van der Waals surface area contributed by atoms with Gasteiger partial charge in [-0.3, -0.25) is 15.0 Å². The molecular weight excluding hydrogens is 362 g/mol. The second kappa shape index (κ2) is 9.05. The number of nitro groups is 1. The van der Waals surface area contributed by atoms with E-state index in [-0.39, 0.29) is 17.8 Å². The maximum absolute atomic E-state index is 12.3. The lowest BCUT2D eigenvalue weighted by molar-refractivity contribution is -0.384. The second-order valence-corrected chi connectivity index (χ2v) is 7.86. The Kier molecular flexibility index (Phi) is 7.01. The first kappa shape index (κ1) is 21.7. The number of hydrogen-bond donors (Lipinski definition) is 0. The number of ether oxygens (including phenoxy) is 2. The summed E-state index contributed by atoms with van der Waals surface area (Å²) in [6, 6.07) is 4.51. The Bertz CT molecular complexity index is 729. The Balaban J connectivity index is 1.85. The number of benzene rings is 1. The van der Waals surface area contributed by atoms with Crippen molar-refractivity contribution in [1.82, 2.24) is 9.80 Å². The number of carbonyl (C=O) groups excluding carboxylic acids is 1. The lowest BCUT2D eigenvalue weighted by atomic mass is 10.2. The van der Waals surface area contributed by atoms with Gasteiger partial charge in [-0.25, -0.2) is 4.79 Å². The molecule has 1 saturated heterocycles. The minimum Gasteiger partial charge on any atom is -0.492 e. The van der Waals surface area contributed by atoms with E-state index >= 15 is 0 Å². The van der Waals surface area contributed by atoms with Crippen LogP contribution in [0, 0.1) is 10.1 Å². The van der Waals surface area contributed by atoms with Crippen LogP contribution in [0.3, 0.4) is 0 Å². The van der Waals surface area contributed by atoms with Crippen molar-refractivity contribution < 1.29 is 19.2 Å². The molecule has 0 N–H and O–H groups in total. The molecule has 1 aliphatic rings. The van der Waals surface area contributed by atoms with E-state index < -0.39 is 10.5 Å². The molecule has 0 radical (unpaired) electrons. The van der Waals surface area contributed by atoms with E-state index in [4.69, 9.17) is 9.47 Å². The maximum atomic E-state index is 12.3. The highest BCUT2D eigenvalue weighted by Crippen LogP contribution is 2.25. The van der Waals surface area contributed by atoms with Crippen molar-refractivity contribution in [2.24, 2.45) is 0 Å². The Morgan fingerprint density at radius 3 is 2.68 bits per heavy atom. The molecule has 0 unspecified atom stereocenters. The van der Waals surface area contributed by atoms with E-state index in [9.17, 15) is 14.9 Å². The fourth-order valence-corrected chi connectivity index (χ4v) is 3.05. The van der Waals surface area contributed by atoms with Crippen LogP contribution >= 0.6 is 0 Å². The molecule has 1 aromatic rings. The van der Waals surface area contributed by atoms with Crippen LogP contribution in [0.5, 0.6) is 5.75 Å². The monoisotopic (exact) mass is 391 g/mol. The molecule has 1 amide bonds. The van der Waals surface area contributed by atoms with Gasteiger partial charge >= 0.3 is 6.09 Å². The standard InChI is InChI=1S/C20H29N3O5/c1-6-16-13-17(23(25)26)7-8-18(16)27-12-11-21-9-10-22(15(2)14-21)19(24)28-20(3,4)5/h6-8,13,15H,1,9-12,14H2,2-5H3/t15-/m0/s1. The van der Waals surface area contributed by atoms with Gasteiger partial charge in [0.25, 0.3) is 5.69 Å². The van der Waals surface area contributed by atoms with Gasteiger partial charge in [-0.15, -0.1) is 0 Å². The van der Waals surface area contributed by atoms with E-state index in [0.717, 1.165) is 13.1 Å². The van der Waals surface area contributed by atoms with Gasteiger partial charge in [0.1, 0.15) is 18.0 Å². The van der Waals surface area contributed by atoms with Crippen molar-refractivity contribution in [3.05, 3.63) is 40.5 Å². The van der Waals surface area contributed by atoms with Gasteiger partial charge in [0, 0.05) is 49.9 Å². The van der Waals surface area contributed by atoms with Crippen molar-refractivity contribution in [3.63, 3.8) is 0 Å². The minimum absolute atomic E-state index is 0.00865. The zero-order valence-corrected chi connectivity index (χ0v) is 17.0. The predicted molar refractivity (Wildman–Crippen MR) is 108 cm³/mol. The third-order valence-corrected chi connectivity index (χ3v) is 4.43. The first-order valence-corrected chi connectivity index (χ1v) is 9.36. The fraction of sp³-hybridized carbons (Fsp3) is 0.550. The van der Waals surface area contributed by atoms with E-state index in [1.807, 2.05) is 27.7 Å². The highest BCUT2D eigenvalue weighted by Gasteiger charge is 2.30. The van der Waals surface area contributed by atoms with Crippen molar-refractivity contribution in [3.8, 4) is 5.75 Å². The largest absolute Gasteiger partial charge is 0.492 e. The number of nitrogens with zero attached hydrogens (tertiary/aromatic N) is 3. The summed E-state index contributed by atoms with van der Waals surface area (Å²) in [6.07, 6.45) is 1.27. The second-order valence-electron chi connectivity index (χ2n) is 7.86. The number of piperazine rings is 1. The molecule has 1 aromatic carbocycles. The summed E-state index contributed by atoms with van der Waals surface area (Å²) < 4.78 is 11.3. The average molecular weight is 391 g/mol. The summed E-state index contributed by atoms with van der Waals surface area (Å²) in [5.74, 6) is 0.570. The molecule has 0 spiro atoms. The van der Waals surface area contributed by atoms with Crippen molar-refractivity contribution >= 4 is 17.9 Å². The Morgan fingerprint density at radius 1 is 1.39 bits per heavy atom. The number of hydrogen-bond acceptors (Lipinski definition) is 6. The van der Waals surface area contributed by atoms with E-state index in [1.165, 1.54) is 12.1 Å². The molecule has 154 valence electrons. The van der Waals surface area contributed by atoms with Gasteiger partial charge in [0.15, 0.2) is 0 Å². The third-order valence-electron chi connectivity index (χ3n) is 4.43. The summed E-state index contributed by atoms with van der Waals surface area (Å²) in [5.41, 5.74) is 0.0988. The zero-order valence-electron chi connectivity index (χ0n) is 17.0. The smallest absolute Gasteiger partial charge is 0.410 e. The Morgan fingerprint density at radius 2 is 2.11 bits per heavy atom. The summed E-state index contributed by atoms with van der Waals surface area (Å²) in [7, 11) is 0. The summed E-state index contributed by atoms with van der Waals surface area (Å²) in [6.45, 7) is 14.5. The molecule has 8 heteroatoms. The number of rotatable bonds is 6. The highest BCUT2D eigenvalue weighted by atomic mass is 16.6. The van der Waals surface area contributed by atoms with E-state index in [0.29, 0.717) is 31.0 Å². The van der Waals surface area contributed by atoms with Crippen LogP contribution in [0.15, 0.2) is 24.8 Å². The summed E-state index contributed by atoms with van der Waals surface area (Å²) >= 11 is 0. The Hall–Kier alpha value is -2.61. The van der Waals surface area contributed by atoms with E-state index in [2.05, 4.69) is 11.5 Å². The van der Waals surface area contributed by atoms with Crippen LogP contribution in [-0.4, -0.2) is 65.2 Å². The van der Waals surface area contributed by atoms with Gasteiger partial charge in [-0.2, -0.15) is 0 Å². The van der Waals surface area contributed by atoms with Gasteiger partial charge in [0.05, 0.1) is 4.92 Å². The van der Waals surface area contributed by atoms with Crippen LogP contribution in [0.1, 0.15) is 33.3 Å². The SMILES string of the molecule is C=Cc1cc([N+](=O)[O-])ccc1OCCN1CCN(C(=O)OC(C)(C)C)[C@@H](C)C1. The summed E-state index contributed by atoms with van der Waals surface area (Å²) in [5, 5.41) is 10.9. The molecule has 1 atom stereocenters. The van der Waals surface area contributed by atoms with Crippen molar-refractivity contribution in [2.45, 2.75) is 39.3 Å². The minimum atomic E-state index is -0.505. The molecule has 1 aliphatic heterocycles. The van der Waals surface area contributed by atoms with E-state index in [1.54, 1.807) is 17.0 Å². The van der Waals surface area contributed by atoms with Gasteiger partial charge in [0.2, 0.25) is 0 Å². The molecule has 2 rings (SSSR count). The molecule has 28 heavy (non-hydrogen) atoms. The lowest BCUT2D eigenvalue weighted by Gasteiger charge is -2.40. The van der Waals surface area contributed by atoms with Crippen molar-refractivity contribution in [1.29, 1.82) is 0 Å². The number of non-ortho nitro benzene ring substituents is 1. The van der Waals surface area contributed by atoms with Gasteiger partial charge < -0.3 is 14.4 Å². The first-order chi connectivity index (χ1) is 13.1. The molecule has 8 nitrogen and oxygen atoms in total. The van der Waals surface area contributed by atoms with Gasteiger partial charge in [-0.05, 0) is 33.8 Å². The molecule has 0 aliphatic carbocycles. The fourth-order valence-electron chi connectivity index (χ4n) is 3.05. The highest BCUT2D eigenvalue weighted by molar-refractivity contribution is 5.68. The summed E-state index contributed by atoms with van der Waals surface area (Å²) in [4.78, 5) is 26.7. The molecule has 0 bridgehead atoms. The molecular formula is C20H29N3O5. The number of carbonyl (C=O) groups is 1. The topological polar surface area (TPSA) is 85.2 Å². The average Bonchev–Trinajstić information content (AvgIpc) is 2.60. The third kappa shape index (κ3) is 5.95. The zero-order chi connectivity index (χ0) is 20.9. The van der Waals surface area contributed by atoms with Gasteiger partial charge in [-0.1, -0.05) is 12.7 Å². The van der Waals surface area contributed by atoms with Crippen LogP contribution < -0.4 is 4.74 Å². The van der Waals surface area contributed by atoms with Crippen LogP contribution in [0.4, 0.5) is 10.5 Å². The quantitative estimate of drug-likeness (QED) is 0.544. The molecule has 1 heterocycles. The number of amides is 1. The molecule has 0 saturated carbocycles. The van der Waals surface area contributed by atoms with Crippen LogP contribution in [-0.2, 0) is 4.74 Å². The van der Waals surface area contributed by atoms with Crippen molar-refractivity contribution in [2.75, 3.05) is 32.8 Å².